The second kappa shape index (κ2) is 14.0. The Morgan fingerprint density at radius 2 is 0.618 bits per heavy atom. The van der Waals surface area contributed by atoms with E-state index in [0.717, 1.165) is 17.1 Å². The Hall–Kier alpha value is -8.00. The largest absolute Gasteiger partial charge is 0.310 e. The van der Waals surface area contributed by atoms with Crippen LogP contribution in [-0.2, 0) is 16.2 Å². The number of anilines is 3. The number of benzene rings is 10. The summed E-state index contributed by atoms with van der Waals surface area (Å²) in [4.78, 5) is 2.53. The molecule has 0 bridgehead atoms. The lowest BCUT2D eigenvalue weighted by Gasteiger charge is -2.32. The molecule has 0 amide bonds. The molecule has 0 aromatic heterocycles. The van der Waals surface area contributed by atoms with E-state index in [2.05, 4.69) is 257 Å². The van der Waals surface area contributed by atoms with Gasteiger partial charge in [0.2, 0.25) is 0 Å². The van der Waals surface area contributed by atoms with Crippen molar-refractivity contribution in [3.8, 4) is 66.8 Å². The second-order valence-corrected chi connectivity index (χ2v) is 20.4. The first-order valence-electron chi connectivity index (χ1n) is 24.2. The second-order valence-electron chi connectivity index (χ2n) is 20.4. The van der Waals surface area contributed by atoms with Gasteiger partial charge in [0.1, 0.15) is 0 Å². The molecular formula is C67H49N. The number of hydrogen-bond donors (Lipinski definition) is 0. The maximum Gasteiger partial charge on any atom is 0.0726 e. The molecule has 1 heteroatoms. The van der Waals surface area contributed by atoms with E-state index in [1.807, 2.05) is 0 Å². The van der Waals surface area contributed by atoms with Crippen molar-refractivity contribution in [3.05, 3.63) is 269 Å². The molecular weight excluding hydrogens is 819 g/mol. The Bertz CT molecular complexity index is 3570. The fourth-order valence-corrected chi connectivity index (χ4v) is 13.2. The Morgan fingerprint density at radius 3 is 1.10 bits per heavy atom. The molecule has 0 saturated carbocycles. The van der Waals surface area contributed by atoms with Gasteiger partial charge in [-0.3, -0.25) is 0 Å². The van der Waals surface area contributed by atoms with Crippen LogP contribution in [0.25, 0.3) is 66.8 Å². The van der Waals surface area contributed by atoms with E-state index in [4.69, 9.17) is 0 Å². The first-order valence-corrected chi connectivity index (χ1v) is 24.2. The summed E-state index contributed by atoms with van der Waals surface area (Å²) < 4.78 is 0. The van der Waals surface area contributed by atoms with Gasteiger partial charge in [0.25, 0.3) is 0 Å². The zero-order valence-electron chi connectivity index (χ0n) is 38.8. The van der Waals surface area contributed by atoms with Crippen LogP contribution in [0.1, 0.15) is 72.2 Å². The molecule has 0 unspecified atom stereocenters. The molecule has 0 radical (unpaired) electrons. The molecule has 0 fully saturated rings. The summed E-state index contributed by atoms with van der Waals surface area (Å²) >= 11 is 0. The first kappa shape index (κ1) is 39.2. The van der Waals surface area contributed by atoms with Crippen LogP contribution < -0.4 is 4.90 Å². The van der Waals surface area contributed by atoms with E-state index in [0.29, 0.717) is 0 Å². The van der Waals surface area contributed by atoms with Gasteiger partial charge in [-0.2, -0.15) is 0 Å². The van der Waals surface area contributed by atoms with Crippen LogP contribution in [-0.4, -0.2) is 0 Å². The minimum Gasteiger partial charge on any atom is -0.310 e. The van der Waals surface area contributed by atoms with Crippen molar-refractivity contribution in [1.82, 2.24) is 0 Å². The molecule has 4 aliphatic rings. The molecule has 0 atom stereocenters. The summed E-state index contributed by atoms with van der Waals surface area (Å²) in [6, 6.07) is 85.0. The van der Waals surface area contributed by atoms with Crippen molar-refractivity contribution in [2.45, 2.75) is 43.9 Å². The number of nitrogens with zero attached hydrogens (tertiary/aromatic N) is 1. The molecule has 68 heavy (non-hydrogen) atoms. The van der Waals surface area contributed by atoms with Crippen LogP contribution in [0.2, 0.25) is 0 Å². The molecule has 1 spiro atoms. The first-order chi connectivity index (χ1) is 33.2. The predicted molar refractivity (Wildman–Crippen MR) is 283 cm³/mol. The van der Waals surface area contributed by atoms with Gasteiger partial charge >= 0.3 is 0 Å². The van der Waals surface area contributed by atoms with Gasteiger partial charge in [0.05, 0.1) is 11.1 Å². The van der Waals surface area contributed by atoms with Crippen molar-refractivity contribution in [2.75, 3.05) is 4.90 Å². The van der Waals surface area contributed by atoms with E-state index in [9.17, 15) is 0 Å². The van der Waals surface area contributed by atoms with Crippen LogP contribution in [0.15, 0.2) is 224 Å². The predicted octanol–water partition coefficient (Wildman–Crippen LogP) is 17.4. The lowest BCUT2D eigenvalue weighted by atomic mass is 9.70. The van der Waals surface area contributed by atoms with Crippen LogP contribution in [0.5, 0.6) is 0 Å². The Balaban J connectivity index is 0.990. The van der Waals surface area contributed by atoms with E-state index >= 15 is 0 Å². The molecule has 14 rings (SSSR count). The Morgan fingerprint density at radius 1 is 0.265 bits per heavy atom. The fourth-order valence-electron chi connectivity index (χ4n) is 13.2. The standard InChI is InChI=1S/C67H49N/c1-65(2)55-27-10-5-24-50(55)53-40-44(34-36-57(53)65)42-18-15-20-46(38-42)68(47-21-16-19-43(39-47)45-35-37-58-54(41-45)51-25-6-11-28-56(51)66(58,3)4)63-33-17-32-62-64(63)52-26-9-14-31-61(52)67(62)59-29-12-7-22-48(59)49-23-8-13-30-60(49)67/h5-41H,1-4H3. The highest BCUT2D eigenvalue weighted by Crippen LogP contribution is 2.65. The molecule has 10 aromatic rings. The molecule has 1 nitrogen and oxygen atoms in total. The van der Waals surface area contributed by atoms with Crippen molar-refractivity contribution < 1.29 is 0 Å². The smallest absolute Gasteiger partial charge is 0.0726 e. The normalized spacial score (nSPS) is 15.1. The van der Waals surface area contributed by atoms with Gasteiger partial charge in [-0.05, 0) is 148 Å². The highest BCUT2D eigenvalue weighted by molar-refractivity contribution is 6.01. The van der Waals surface area contributed by atoms with Gasteiger partial charge in [0, 0.05) is 27.8 Å². The number of rotatable bonds is 5. The third kappa shape index (κ3) is 5.17. The van der Waals surface area contributed by atoms with Gasteiger partial charge in [-0.15, -0.1) is 0 Å². The van der Waals surface area contributed by atoms with Gasteiger partial charge < -0.3 is 4.90 Å². The average Bonchev–Trinajstić information content (AvgIpc) is 4.02. The summed E-state index contributed by atoms with van der Waals surface area (Å²) in [5.41, 5.74) is 29.1. The molecule has 0 N–H and O–H groups in total. The highest BCUT2D eigenvalue weighted by Gasteiger charge is 2.52. The quantitative estimate of drug-likeness (QED) is 0.167. The van der Waals surface area contributed by atoms with Crippen LogP contribution in [0, 0.1) is 0 Å². The highest BCUT2D eigenvalue weighted by atomic mass is 15.1. The third-order valence-corrected chi connectivity index (χ3v) is 16.3. The summed E-state index contributed by atoms with van der Waals surface area (Å²) in [6.45, 7) is 9.43. The SMILES string of the molecule is CC1(C)c2ccccc2-c2cc(-c3cccc(N(c4cccc(-c5ccc6c(c5)-c5ccccc5C6(C)C)c4)c4cccc5c4-c4ccccc4C54c5ccccc5-c5ccccc54)c3)ccc21. The zero-order chi connectivity index (χ0) is 45.5. The van der Waals surface area contributed by atoms with Gasteiger partial charge in [0.15, 0.2) is 0 Å². The summed E-state index contributed by atoms with van der Waals surface area (Å²) in [5, 5.41) is 0. The molecule has 0 saturated heterocycles. The van der Waals surface area contributed by atoms with E-state index in [-0.39, 0.29) is 10.8 Å². The lowest BCUT2D eigenvalue weighted by molar-refractivity contribution is 0.660. The average molecular weight is 868 g/mol. The third-order valence-electron chi connectivity index (χ3n) is 16.3. The van der Waals surface area contributed by atoms with Crippen LogP contribution in [0.4, 0.5) is 17.1 Å². The van der Waals surface area contributed by atoms with E-state index in [1.54, 1.807) is 0 Å². The molecule has 0 aliphatic heterocycles. The topological polar surface area (TPSA) is 3.24 Å². The van der Waals surface area contributed by atoms with Crippen molar-refractivity contribution in [1.29, 1.82) is 0 Å². The van der Waals surface area contributed by atoms with Gasteiger partial charge in [-0.25, -0.2) is 0 Å². The minimum absolute atomic E-state index is 0.0474. The fraction of sp³-hybridized carbons (Fsp3) is 0.104. The molecule has 322 valence electrons. The van der Waals surface area contributed by atoms with Crippen LogP contribution >= 0.6 is 0 Å². The van der Waals surface area contributed by atoms with Crippen molar-refractivity contribution in [3.63, 3.8) is 0 Å². The number of hydrogen-bond acceptors (Lipinski definition) is 1. The number of fused-ring (bicyclic) bond motifs is 16. The summed E-state index contributed by atoms with van der Waals surface area (Å²) in [6.07, 6.45) is 0. The monoisotopic (exact) mass is 867 g/mol. The maximum atomic E-state index is 2.53. The van der Waals surface area contributed by atoms with E-state index in [1.165, 1.54) is 111 Å². The van der Waals surface area contributed by atoms with Crippen molar-refractivity contribution >= 4 is 17.1 Å². The lowest BCUT2D eigenvalue weighted by Crippen LogP contribution is -2.26. The van der Waals surface area contributed by atoms with E-state index < -0.39 is 5.41 Å². The maximum absolute atomic E-state index is 2.53. The summed E-state index contributed by atoms with van der Waals surface area (Å²) in [7, 11) is 0. The molecule has 10 aromatic carbocycles. The minimum atomic E-state index is -0.451. The van der Waals surface area contributed by atoms with Crippen LogP contribution in [0.3, 0.4) is 0 Å². The summed E-state index contributed by atoms with van der Waals surface area (Å²) in [5.74, 6) is 0. The molecule has 0 heterocycles. The molecule has 4 aliphatic carbocycles. The Labute approximate surface area is 399 Å². The van der Waals surface area contributed by atoms with Gasteiger partial charge in [-0.1, -0.05) is 210 Å². The van der Waals surface area contributed by atoms with Crippen molar-refractivity contribution in [2.24, 2.45) is 0 Å². The zero-order valence-corrected chi connectivity index (χ0v) is 38.8. The Kier molecular flexibility index (Phi) is 8.08.